The molecule has 2 nitrogen and oxygen atoms in total. The molecule has 0 bridgehead atoms. The molecule has 0 aromatic heterocycles. The maximum atomic E-state index is 10.7. The van der Waals surface area contributed by atoms with Crippen LogP contribution in [0.4, 0.5) is 0 Å². The van der Waals surface area contributed by atoms with Crippen LogP contribution in [0.5, 0.6) is 0 Å². The van der Waals surface area contributed by atoms with Crippen molar-refractivity contribution in [1.82, 2.24) is 0 Å². The minimum absolute atomic E-state index is 0. The van der Waals surface area contributed by atoms with Crippen LogP contribution in [0.3, 0.4) is 0 Å². The van der Waals surface area contributed by atoms with E-state index < -0.39 is 0 Å². The fourth-order valence-corrected chi connectivity index (χ4v) is 0.542. The molecular weight excluding hydrogens is 159 g/mol. The standard InChI is InChI=1S/C6H12O2S.Na/c1-4-8-6(7)5(2)9-3;/h7H,4H2,1-3H3;/q;+1/p-1/b6-5+;. The van der Waals surface area contributed by atoms with Gasteiger partial charge in [-0.2, -0.15) is 0 Å². The molecule has 0 N–H and O–H groups in total. The van der Waals surface area contributed by atoms with Gasteiger partial charge in [0.05, 0.1) is 5.95 Å². The summed E-state index contributed by atoms with van der Waals surface area (Å²) in [7, 11) is 0. The first-order chi connectivity index (χ1) is 4.22. The van der Waals surface area contributed by atoms with Crippen molar-refractivity contribution >= 4 is 11.8 Å². The summed E-state index contributed by atoms with van der Waals surface area (Å²) in [6, 6.07) is 0. The van der Waals surface area contributed by atoms with Gasteiger partial charge in [-0.15, -0.1) is 11.8 Å². The predicted molar refractivity (Wildman–Crippen MR) is 37.8 cm³/mol. The average Bonchev–Trinajstić information content (AvgIpc) is 1.87. The Balaban J connectivity index is 0. The van der Waals surface area contributed by atoms with Crippen LogP contribution >= 0.6 is 11.8 Å². The van der Waals surface area contributed by atoms with Crippen molar-refractivity contribution in [2.24, 2.45) is 0 Å². The van der Waals surface area contributed by atoms with E-state index >= 15 is 0 Å². The Morgan fingerprint density at radius 3 is 2.40 bits per heavy atom. The van der Waals surface area contributed by atoms with Crippen molar-refractivity contribution in [2.75, 3.05) is 12.9 Å². The van der Waals surface area contributed by atoms with E-state index in [9.17, 15) is 5.11 Å². The summed E-state index contributed by atoms with van der Waals surface area (Å²) in [5.41, 5.74) is 0. The zero-order valence-corrected chi connectivity index (χ0v) is 9.75. The van der Waals surface area contributed by atoms with E-state index in [-0.39, 0.29) is 35.5 Å². The molecule has 0 saturated heterocycles. The summed E-state index contributed by atoms with van der Waals surface area (Å²) < 4.78 is 4.70. The molecule has 0 aromatic carbocycles. The van der Waals surface area contributed by atoms with Gasteiger partial charge in [0.15, 0.2) is 0 Å². The van der Waals surface area contributed by atoms with Crippen molar-refractivity contribution in [3.63, 3.8) is 0 Å². The van der Waals surface area contributed by atoms with Crippen LogP contribution in [0.15, 0.2) is 10.9 Å². The summed E-state index contributed by atoms with van der Waals surface area (Å²) in [5, 5.41) is 10.7. The molecule has 0 spiro atoms. The van der Waals surface area contributed by atoms with E-state index in [1.807, 2.05) is 6.26 Å². The third-order valence-electron chi connectivity index (χ3n) is 0.869. The van der Waals surface area contributed by atoms with E-state index in [4.69, 9.17) is 4.74 Å². The summed E-state index contributed by atoms with van der Waals surface area (Å²) >= 11 is 1.41. The van der Waals surface area contributed by atoms with Crippen LogP contribution in [0.25, 0.3) is 0 Å². The molecule has 0 aliphatic rings. The molecule has 0 rings (SSSR count). The van der Waals surface area contributed by atoms with Gasteiger partial charge in [-0.3, -0.25) is 0 Å². The molecule has 0 amide bonds. The first kappa shape index (κ1) is 13.3. The molecule has 0 heterocycles. The van der Waals surface area contributed by atoms with Crippen LogP contribution in [-0.4, -0.2) is 12.9 Å². The third kappa shape index (κ3) is 5.47. The normalized spacial score (nSPS) is 11.5. The van der Waals surface area contributed by atoms with Gasteiger partial charge in [0.1, 0.15) is 0 Å². The zero-order chi connectivity index (χ0) is 7.28. The Hall–Kier alpha value is 0.690. The van der Waals surface area contributed by atoms with Crippen LogP contribution in [0.2, 0.25) is 0 Å². The van der Waals surface area contributed by atoms with Crippen LogP contribution in [0, 0.1) is 0 Å². The van der Waals surface area contributed by atoms with Gasteiger partial charge in [-0.05, 0) is 19.8 Å². The van der Waals surface area contributed by atoms with Gasteiger partial charge in [-0.25, -0.2) is 0 Å². The van der Waals surface area contributed by atoms with Gasteiger partial charge < -0.3 is 9.84 Å². The van der Waals surface area contributed by atoms with Gasteiger partial charge in [-0.1, -0.05) is 6.92 Å². The number of ether oxygens (including phenoxy) is 1. The van der Waals surface area contributed by atoms with Crippen molar-refractivity contribution in [3.8, 4) is 0 Å². The smallest absolute Gasteiger partial charge is 0.613 e. The van der Waals surface area contributed by atoms with Crippen molar-refractivity contribution in [3.05, 3.63) is 10.9 Å². The second-order valence-electron chi connectivity index (χ2n) is 1.48. The molecule has 0 saturated carbocycles. The molecule has 0 aliphatic heterocycles. The van der Waals surface area contributed by atoms with Crippen molar-refractivity contribution in [1.29, 1.82) is 0 Å². The fourth-order valence-electron chi connectivity index (χ4n) is 0.316. The molecule has 0 aliphatic carbocycles. The molecular formula is C6H11NaO2S. The van der Waals surface area contributed by atoms with Gasteiger partial charge in [0.25, 0.3) is 0 Å². The van der Waals surface area contributed by atoms with Gasteiger partial charge in [0, 0.05) is 4.91 Å². The van der Waals surface area contributed by atoms with Gasteiger partial charge in [0.2, 0.25) is 0 Å². The van der Waals surface area contributed by atoms with E-state index in [1.54, 1.807) is 13.8 Å². The summed E-state index contributed by atoms with van der Waals surface area (Å²) in [4.78, 5) is 0.705. The van der Waals surface area contributed by atoms with Gasteiger partial charge >= 0.3 is 29.6 Å². The zero-order valence-electron chi connectivity index (χ0n) is 6.93. The Kier molecular flexibility index (Phi) is 10.4. The second kappa shape index (κ2) is 7.79. The molecule has 0 fully saturated rings. The van der Waals surface area contributed by atoms with Crippen molar-refractivity contribution < 1.29 is 39.4 Å². The molecule has 10 heavy (non-hydrogen) atoms. The van der Waals surface area contributed by atoms with E-state index in [2.05, 4.69) is 0 Å². The Morgan fingerprint density at radius 1 is 1.60 bits per heavy atom. The first-order valence-corrected chi connectivity index (χ1v) is 3.99. The second-order valence-corrected chi connectivity index (χ2v) is 2.50. The maximum absolute atomic E-state index is 10.7. The number of hydrogen-bond acceptors (Lipinski definition) is 3. The quantitative estimate of drug-likeness (QED) is 0.360. The van der Waals surface area contributed by atoms with E-state index in [0.29, 0.717) is 11.5 Å². The van der Waals surface area contributed by atoms with Crippen LogP contribution in [0.1, 0.15) is 13.8 Å². The molecule has 0 aromatic rings. The minimum Gasteiger partial charge on any atom is -0.613 e. The van der Waals surface area contributed by atoms with E-state index in [0.717, 1.165) is 0 Å². The fraction of sp³-hybridized carbons (Fsp3) is 0.667. The Morgan fingerprint density at radius 2 is 2.10 bits per heavy atom. The number of allylic oxidation sites excluding steroid dienone is 1. The SMILES string of the molecule is CCO/C([O-])=C(\C)SC.[Na+]. The number of rotatable bonds is 3. The van der Waals surface area contributed by atoms with E-state index in [1.165, 1.54) is 11.8 Å². The Labute approximate surface area is 88.3 Å². The molecule has 4 heteroatoms. The number of thioether (sulfide) groups is 1. The third-order valence-corrected chi connectivity index (χ3v) is 1.65. The monoisotopic (exact) mass is 170 g/mol. The van der Waals surface area contributed by atoms with Crippen molar-refractivity contribution in [2.45, 2.75) is 13.8 Å². The maximum Gasteiger partial charge on any atom is 1.00 e. The Bertz CT molecular complexity index is 114. The molecule has 0 unspecified atom stereocenters. The van der Waals surface area contributed by atoms with Crippen LogP contribution in [-0.2, 0) is 4.74 Å². The average molecular weight is 170 g/mol. The largest absolute Gasteiger partial charge is 1.00 e. The molecule has 54 valence electrons. The minimum atomic E-state index is -0.204. The number of hydrogen-bond donors (Lipinski definition) is 0. The summed E-state index contributed by atoms with van der Waals surface area (Å²) in [6.07, 6.45) is 1.85. The predicted octanol–water partition coefficient (Wildman–Crippen LogP) is -2.06. The first-order valence-electron chi connectivity index (χ1n) is 2.77. The summed E-state index contributed by atoms with van der Waals surface area (Å²) in [5.74, 6) is -0.204. The molecule has 0 radical (unpaired) electrons. The summed E-state index contributed by atoms with van der Waals surface area (Å²) in [6.45, 7) is 4.00. The topological polar surface area (TPSA) is 32.3 Å². The van der Waals surface area contributed by atoms with Crippen LogP contribution < -0.4 is 34.7 Å². The molecule has 0 atom stereocenters.